The fourth-order valence-corrected chi connectivity index (χ4v) is 2.77. The Morgan fingerprint density at radius 3 is 2.61 bits per heavy atom. The van der Waals surface area contributed by atoms with Gasteiger partial charge in [0.05, 0.1) is 12.3 Å². The Morgan fingerprint density at radius 1 is 1.22 bits per heavy atom. The molecular formula is C12H23N3O2S. The molecule has 104 valence electrons. The lowest BCUT2D eigenvalue weighted by molar-refractivity contribution is -0.124. The van der Waals surface area contributed by atoms with E-state index in [1.165, 1.54) is 0 Å². The van der Waals surface area contributed by atoms with Gasteiger partial charge in [-0.25, -0.2) is 0 Å². The number of amides is 2. The molecule has 1 aliphatic heterocycles. The van der Waals surface area contributed by atoms with Crippen molar-refractivity contribution in [2.75, 3.05) is 31.9 Å². The normalized spacial score (nSPS) is 16.3. The Hall–Kier alpha value is -0.750. The number of hydrogen-bond donors (Lipinski definition) is 3. The van der Waals surface area contributed by atoms with Gasteiger partial charge in [-0.15, -0.1) is 11.8 Å². The average Bonchev–Trinajstić information content (AvgIpc) is 2.41. The molecule has 5 nitrogen and oxygen atoms in total. The summed E-state index contributed by atoms with van der Waals surface area (Å²) >= 11 is 1.69. The minimum atomic E-state index is -0.114. The highest BCUT2D eigenvalue weighted by Gasteiger charge is 2.15. The number of piperidine rings is 1. The molecule has 0 bridgehead atoms. The molecule has 1 aliphatic rings. The number of nitrogens with one attached hydrogen (secondary N) is 3. The molecule has 0 aliphatic carbocycles. The molecule has 6 heteroatoms. The van der Waals surface area contributed by atoms with E-state index in [9.17, 15) is 9.59 Å². The number of carbonyl (C=O) groups is 2. The SMILES string of the molecule is CCCNC(=O)CNC(=O)CSC1CCNCC1. The second-order valence-corrected chi connectivity index (χ2v) is 5.68. The minimum Gasteiger partial charge on any atom is -0.355 e. The van der Waals surface area contributed by atoms with Crippen LogP contribution >= 0.6 is 11.8 Å². The van der Waals surface area contributed by atoms with Gasteiger partial charge in [-0.2, -0.15) is 0 Å². The lowest BCUT2D eigenvalue weighted by Crippen LogP contribution is -2.38. The summed E-state index contributed by atoms with van der Waals surface area (Å²) in [5, 5.41) is 9.24. The largest absolute Gasteiger partial charge is 0.355 e. The van der Waals surface area contributed by atoms with Gasteiger partial charge in [-0.3, -0.25) is 9.59 Å². The second kappa shape index (κ2) is 9.22. The van der Waals surface area contributed by atoms with Crippen LogP contribution in [-0.4, -0.2) is 49.0 Å². The Balaban J connectivity index is 2.04. The highest BCUT2D eigenvalue weighted by Crippen LogP contribution is 2.19. The van der Waals surface area contributed by atoms with Crippen molar-refractivity contribution in [3.63, 3.8) is 0 Å². The fourth-order valence-electron chi connectivity index (χ4n) is 1.71. The number of thioether (sulfide) groups is 1. The van der Waals surface area contributed by atoms with Crippen LogP contribution in [0.2, 0.25) is 0 Å². The first kappa shape index (κ1) is 15.3. The summed E-state index contributed by atoms with van der Waals surface area (Å²) in [6.07, 6.45) is 3.15. The third-order valence-corrected chi connectivity index (χ3v) is 4.13. The monoisotopic (exact) mass is 273 g/mol. The van der Waals surface area contributed by atoms with Crippen molar-refractivity contribution < 1.29 is 9.59 Å². The molecule has 1 saturated heterocycles. The third kappa shape index (κ3) is 6.86. The van der Waals surface area contributed by atoms with Crippen molar-refractivity contribution >= 4 is 23.6 Å². The highest BCUT2D eigenvalue weighted by molar-refractivity contribution is 8.00. The van der Waals surface area contributed by atoms with Crippen molar-refractivity contribution in [1.82, 2.24) is 16.0 Å². The maximum Gasteiger partial charge on any atom is 0.239 e. The summed E-state index contributed by atoms with van der Waals surface area (Å²) in [6.45, 7) is 4.83. The summed E-state index contributed by atoms with van der Waals surface area (Å²) in [4.78, 5) is 22.8. The van der Waals surface area contributed by atoms with Gasteiger partial charge in [0.2, 0.25) is 11.8 Å². The van der Waals surface area contributed by atoms with Crippen LogP contribution < -0.4 is 16.0 Å². The van der Waals surface area contributed by atoms with Crippen molar-refractivity contribution in [2.24, 2.45) is 0 Å². The van der Waals surface area contributed by atoms with E-state index in [2.05, 4.69) is 16.0 Å². The average molecular weight is 273 g/mol. The molecule has 0 aromatic rings. The molecule has 0 aromatic carbocycles. The van der Waals surface area contributed by atoms with Gasteiger partial charge in [0.1, 0.15) is 0 Å². The Kier molecular flexibility index (Phi) is 7.84. The zero-order chi connectivity index (χ0) is 13.2. The predicted molar refractivity (Wildman–Crippen MR) is 74.7 cm³/mol. The van der Waals surface area contributed by atoms with E-state index in [4.69, 9.17) is 0 Å². The van der Waals surface area contributed by atoms with Crippen LogP contribution in [0.15, 0.2) is 0 Å². The molecule has 1 rings (SSSR count). The Labute approximate surface area is 113 Å². The lowest BCUT2D eigenvalue weighted by Gasteiger charge is -2.21. The summed E-state index contributed by atoms with van der Waals surface area (Å²) in [5.74, 6) is 0.286. The molecule has 1 fully saturated rings. The topological polar surface area (TPSA) is 70.2 Å². The molecule has 0 radical (unpaired) electrons. The van der Waals surface area contributed by atoms with Crippen LogP contribution in [0, 0.1) is 0 Å². The van der Waals surface area contributed by atoms with Gasteiger partial charge in [0, 0.05) is 11.8 Å². The van der Waals surface area contributed by atoms with E-state index >= 15 is 0 Å². The Bertz CT molecular complexity index is 268. The van der Waals surface area contributed by atoms with Gasteiger partial charge in [-0.1, -0.05) is 6.92 Å². The molecule has 0 aromatic heterocycles. The van der Waals surface area contributed by atoms with E-state index in [0.717, 1.165) is 32.4 Å². The first-order chi connectivity index (χ1) is 8.72. The number of carbonyl (C=O) groups excluding carboxylic acids is 2. The molecule has 0 unspecified atom stereocenters. The van der Waals surface area contributed by atoms with Gasteiger partial charge in [-0.05, 0) is 32.4 Å². The molecule has 1 heterocycles. The van der Waals surface area contributed by atoms with E-state index < -0.39 is 0 Å². The molecule has 2 amide bonds. The van der Waals surface area contributed by atoms with Crippen LogP contribution in [0.1, 0.15) is 26.2 Å². The summed E-state index contributed by atoms with van der Waals surface area (Å²) < 4.78 is 0. The summed E-state index contributed by atoms with van der Waals surface area (Å²) in [5.41, 5.74) is 0. The van der Waals surface area contributed by atoms with E-state index in [0.29, 0.717) is 17.5 Å². The zero-order valence-corrected chi connectivity index (χ0v) is 11.8. The van der Waals surface area contributed by atoms with Crippen LogP contribution in [0.3, 0.4) is 0 Å². The smallest absolute Gasteiger partial charge is 0.239 e. The second-order valence-electron chi connectivity index (χ2n) is 4.39. The first-order valence-electron chi connectivity index (χ1n) is 6.58. The fraction of sp³-hybridized carbons (Fsp3) is 0.833. The zero-order valence-electron chi connectivity index (χ0n) is 11.0. The highest BCUT2D eigenvalue weighted by atomic mass is 32.2. The van der Waals surface area contributed by atoms with Crippen LogP contribution in [0.5, 0.6) is 0 Å². The van der Waals surface area contributed by atoms with E-state index in [1.54, 1.807) is 11.8 Å². The van der Waals surface area contributed by atoms with Crippen molar-refractivity contribution in [3.05, 3.63) is 0 Å². The van der Waals surface area contributed by atoms with Crippen LogP contribution in [0.25, 0.3) is 0 Å². The maximum absolute atomic E-state index is 11.5. The summed E-state index contributed by atoms with van der Waals surface area (Å²) in [6, 6.07) is 0. The molecule has 18 heavy (non-hydrogen) atoms. The lowest BCUT2D eigenvalue weighted by atomic mass is 10.2. The van der Waals surface area contributed by atoms with Gasteiger partial charge < -0.3 is 16.0 Å². The molecule has 0 spiro atoms. The Morgan fingerprint density at radius 2 is 1.94 bits per heavy atom. The predicted octanol–water partition coefficient (Wildman–Crippen LogP) is 0.114. The first-order valence-corrected chi connectivity index (χ1v) is 7.63. The molecular weight excluding hydrogens is 250 g/mol. The quantitative estimate of drug-likeness (QED) is 0.616. The third-order valence-electron chi connectivity index (χ3n) is 2.75. The van der Waals surface area contributed by atoms with Crippen molar-refractivity contribution in [1.29, 1.82) is 0 Å². The molecule has 0 atom stereocenters. The molecule has 0 saturated carbocycles. The van der Waals surface area contributed by atoms with Crippen LogP contribution in [0.4, 0.5) is 0 Å². The minimum absolute atomic E-state index is 0.0508. The van der Waals surface area contributed by atoms with E-state index in [1.807, 2.05) is 6.92 Å². The van der Waals surface area contributed by atoms with Gasteiger partial charge in [0.15, 0.2) is 0 Å². The number of hydrogen-bond acceptors (Lipinski definition) is 4. The van der Waals surface area contributed by atoms with Crippen LogP contribution in [-0.2, 0) is 9.59 Å². The number of rotatable bonds is 7. The van der Waals surface area contributed by atoms with E-state index in [-0.39, 0.29) is 18.4 Å². The van der Waals surface area contributed by atoms with Gasteiger partial charge in [0.25, 0.3) is 0 Å². The maximum atomic E-state index is 11.5. The van der Waals surface area contributed by atoms with Gasteiger partial charge >= 0.3 is 0 Å². The van der Waals surface area contributed by atoms with Crippen molar-refractivity contribution in [2.45, 2.75) is 31.4 Å². The molecule has 3 N–H and O–H groups in total. The summed E-state index contributed by atoms with van der Waals surface area (Å²) in [7, 11) is 0. The van der Waals surface area contributed by atoms with Crippen molar-refractivity contribution in [3.8, 4) is 0 Å². The standard InChI is InChI=1S/C12H23N3O2S/c1-2-5-14-11(16)8-15-12(17)9-18-10-3-6-13-7-4-10/h10,13H,2-9H2,1H3,(H,14,16)(H,15,17).